The minimum Gasteiger partial charge on any atom is -0.481 e. The van der Waals surface area contributed by atoms with E-state index in [-0.39, 0.29) is 22.0 Å². The Morgan fingerprint density at radius 2 is 2.18 bits per heavy atom. The van der Waals surface area contributed by atoms with Crippen LogP contribution in [0, 0.1) is 5.92 Å². The van der Waals surface area contributed by atoms with Crippen molar-refractivity contribution in [2.24, 2.45) is 5.92 Å². The molecule has 5 nitrogen and oxygen atoms in total. The largest absolute Gasteiger partial charge is 0.481 e. The molecule has 0 amide bonds. The first-order chi connectivity index (χ1) is 16.0. The highest BCUT2D eigenvalue weighted by Crippen LogP contribution is 2.41. The van der Waals surface area contributed by atoms with Crippen molar-refractivity contribution in [3.8, 4) is 0 Å². The van der Waals surface area contributed by atoms with Gasteiger partial charge in [-0.25, -0.2) is 0 Å². The van der Waals surface area contributed by atoms with Gasteiger partial charge in [-0.1, -0.05) is 65.4 Å². The first-order valence-electron chi connectivity index (χ1n) is 11.9. The maximum Gasteiger partial charge on any atom is 0.303 e. The number of allylic oxidation sites excluding steroid dienone is 3. The van der Waals surface area contributed by atoms with Gasteiger partial charge in [0.2, 0.25) is 0 Å². The van der Waals surface area contributed by atoms with Gasteiger partial charge in [0.15, 0.2) is 0 Å². The van der Waals surface area contributed by atoms with Crippen molar-refractivity contribution in [1.29, 1.82) is 0 Å². The number of benzene rings is 1. The molecule has 1 aliphatic heterocycles. The summed E-state index contributed by atoms with van der Waals surface area (Å²) >= 11 is 15.1. The van der Waals surface area contributed by atoms with Crippen LogP contribution in [0.3, 0.4) is 0 Å². The second-order valence-electron chi connectivity index (χ2n) is 9.40. The van der Waals surface area contributed by atoms with Crippen LogP contribution < -0.4 is 0 Å². The molecule has 2 N–H and O–H groups in total. The Morgan fingerprint density at radius 1 is 1.41 bits per heavy atom. The van der Waals surface area contributed by atoms with Crippen molar-refractivity contribution in [2.75, 3.05) is 19.7 Å². The number of carboxylic acid groups (broad SMARTS) is 1. The molecule has 0 saturated carbocycles. The molecule has 3 rings (SSSR count). The number of aliphatic hydroxyl groups is 1. The summed E-state index contributed by atoms with van der Waals surface area (Å²) < 4.78 is 5.63. The van der Waals surface area contributed by atoms with Crippen LogP contribution in [0.15, 0.2) is 42.0 Å². The molecular formula is C26H34Cl2INO4. The third kappa shape index (κ3) is 7.93. The van der Waals surface area contributed by atoms with E-state index in [1.165, 1.54) is 5.57 Å². The number of nitrogens with zero attached hydrogens (tertiary/aromatic N) is 1. The number of ether oxygens (including phenoxy) is 1. The fourth-order valence-electron chi connectivity index (χ4n) is 4.69. The molecule has 1 saturated heterocycles. The lowest BCUT2D eigenvalue weighted by Gasteiger charge is -2.30. The average molecular weight is 622 g/mol. The van der Waals surface area contributed by atoms with E-state index >= 15 is 0 Å². The molecule has 5 atom stereocenters. The van der Waals surface area contributed by atoms with Crippen molar-refractivity contribution >= 4 is 51.8 Å². The van der Waals surface area contributed by atoms with Crippen LogP contribution in [0.25, 0.3) is 0 Å². The van der Waals surface area contributed by atoms with E-state index in [0.29, 0.717) is 29.9 Å². The molecule has 3 unspecified atom stereocenters. The fraction of sp³-hybridized carbons (Fsp3) is 0.577. The van der Waals surface area contributed by atoms with Crippen LogP contribution in [0.4, 0.5) is 0 Å². The van der Waals surface area contributed by atoms with E-state index in [4.69, 9.17) is 33.0 Å². The Bertz CT molecular complexity index is 920. The van der Waals surface area contributed by atoms with Gasteiger partial charge in [0.1, 0.15) is 2.88 Å². The standard InChI is InChI=1S/C26H34Cl2INO4/c1-17-5-6-19(14-26(17,28)29)12-22-4-3-11-30(22)15-23(31)16-34-18(2)24-9-8-21(27)13-20(24)7-10-25(32)33/h5-6,8-9,13-14,17-18,22-23,31H,3-4,7,10-12,15-16H2,1-2H3,(H,32,33)/t17?,18-,22+,23?,26?/m1/s1. The third-order valence-electron chi connectivity index (χ3n) is 6.69. The third-order valence-corrected chi connectivity index (χ3v) is 8.67. The van der Waals surface area contributed by atoms with Crippen LogP contribution in [-0.4, -0.2) is 55.8 Å². The minimum absolute atomic E-state index is 0.0337. The molecule has 8 heteroatoms. The van der Waals surface area contributed by atoms with Gasteiger partial charge in [-0.3, -0.25) is 9.69 Å². The van der Waals surface area contributed by atoms with Gasteiger partial charge in [0.25, 0.3) is 0 Å². The monoisotopic (exact) mass is 621 g/mol. The second-order valence-corrected chi connectivity index (χ2v) is 12.9. The van der Waals surface area contributed by atoms with Gasteiger partial charge < -0.3 is 14.9 Å². The van der Waals surface area contributed by atoms with E-state index in [1.54, 1.807) is 12.1 Å². The summed E-state index contributed by atoms with van der Waals surface area (Å²) in [6.45, 7) is 5.79. The number of carbonyl (C=O) groups is 1. The highest BCUT2D eigenvalue weighted by Gasteiger charge is 2.32. The Kier molecular flexibility index (Phi) is 10.3. The van der Waals surface area contributed by atoms with E-state index in [1.807, 2.05) is 13.0 Å². The number of likely N-dealkylation sites (tertiary alicyclic amines) is 1. The first kappa shape index (κ1) is 27.9. The van der Waals surface area contributed by atoms with E-state index < -0.39 is 12.1 Å². The molecule has 0 spiro atoms. The van der Waals surface area contributed by atoms with Crippen molar-refractivity contribution in [3.05, 3.63) is 58.1 Å². The number of aryl methyl sites for hydroxylation is 1. The van der Waals surface area contributed by atoms with Crippen molar-refractivity contribution in [1.82, 2.24) is 4.90 Å². The van der Waals surface area contributed by atoms with Crippen molar-refractivity contribution in [3.63, 3.8) is 0 Å². The topological polar surface area (TPSA) is 70.0 Å². The number of hydrogen-bond acceptors (Lipinski definition) is 4. The predicted octanol–water partition coefficient (Wildman–Crippen LogP) is 6.15. The number of carboxylic acids is 1. The molecule has 1 aliphatic carbocycles. The summed E-state index contributed by atoms with van der Waals surface area (Å²) in [5.74, 6) is -0.552. The minimum atomic E-state index is -0.848. The molecular weight excluding hydrogens is 588 g/mol. The normalized spacial score (nSPS) is 26.9. The second kappa shape index (κ2) is 12.5. The molecule has 1 fully saturated rings. The number of aliphatic carboxylic acids is 1. The Labute approximate surface area is 226 Å². The zero-order valence-electron chi connectivity index (χ0n) is 19.7. The molecule has 0 bridgehead atoms. The summed E-state index contributed by atoms with van der Waals surface area (Å²) in [4.78, 5) is 13.4. The molecule has 0 radical (unpaired) electrons. The number of rotatable bonds is 11. The highest BCUT2D eigenvalue weighted by atomic mass is 127. The van der Waals surface area contributed by atoms with E-state index in [0.717, 1.165) is 36.9 Å². The van der Waals surface area contributed by atoms with Gasteiger partial charge in [-0.05, 0) is 68.0 Å². The maximum atomic E-state index is 11.0. The number of aliphatic hydroxyl groups excluding tert-OH is 1. The quantitative estimate of drug-likeness (QED) is 0.229. The summed E-state index contributed by atoms with van der Waals surface area (Å²) in [6.07, 6.45) is 9.25. The van der Waals surface area contributed by atoms with Crippen LogP contribution in [0.1, 0.15) is 56.8 Å². The lowest BCUT2D eigenvalue weighted by molar-refractivity contribution is -0.136. The summed E-state index contributed by atoms with van der Waals surface area (Å²) in [5, 5.41) is 20.3. The van der Waals surface area contributed by atoms with E-state index in [9.17, 15) is 9.90 Å². The molecule has 2 aliphatic rings. The molecule has 1 aromatic rings. The predicted molar refractivity (Wildman–Crippen MR) is 146 cm³/mol. The fourth-order valence-corrected chi connectivity index (χ4v) is 5.70. The lowest BCUT2D eigenvalue weighted by atomic mass is 9.93. The van der Waals surface area contributed by atoms with Gasteiger partial charge in [-0.15, -0.1) is 11.6 Å². The highest BCUT2D eigenvalue weighted by molar-refractivity contribution is 14.1. The molecule has 1 aromatic carbocycles. The zero-order valence-corrected chi connectivity index (χ0v) is 23.4. The van der Waals surface area contributed by atoms with Crippen LogP contribution in [0.2, 0.25) is 5.02 Å². The number of hydrogen-bond donors (Lipinski definition) is 2. The first-order valence-corrected chi connectivity index (χ1v) is 13.7. The van der Waals surface area contributed by atoms with Crippen LogP contribution in [-0.2, 0) is 16.0 Å². The number of alkyl halides is 2. The van der Waals surface area contributed by atoms with Gasteiger partial charge in [0, 0.05) is 29.9 Å². The Balaban J connectivity index is 1.53. The van der Waals surface area contributed by atoms with Gasteiger partial charge in [0.05, 0.1) is 18.8 Å². The van der Waals surface area contributed by atoms with Crippen LogP contribution >= 0.6 is 45.8 Å². The van der Waals surface area contributed by atoms with Crippen LogP contribution in [0.5, 0.6) is 0 Å². The van der Waals surface area contributed by atoms with Crippen molar-refractivity contribution < 1.29 is 19.7 Å². The molecule has 0 aromatic heterocycles. The van der Waals surface area contributed by atoms with Gasteiger partial charge in [-0.2, -0.15) is 0 Å². The number of halogens is 3. The lowest BCUT2D eigenvalue weighted by Crippen LogP contribution is -2.38. The molecule has 34 heavy (non-hydrogen) atoms. The smallest absolute Gasteiger partial charge is 0.303 e. The summed E-state index contributed by atoms with van der Waals surface area (Å²) in [6, 6.07) is 5.85. The number of β-amino-alcohol motifs (C(OH)–C–C–N with tert-alkyl or cyclic N) is 1. The average Bonchev–Trinajstić information content (AvgIpc) is 3.19. The van der Waals surface area contributed by atoms with Gasteiger partial charge >= 0.3 is 5.97 Å². The van der Waals surface area contributed by atoms with E-state index in [2.05, 4.69) is 52.6 Å². The summed E-state index contributed by atoms with van der Waals surface area (Å²) in [5.41, 5.74) is 3.03. The molecule has 1 heterocycles. The SMILES string of the molecule is CC1C=CC(C[C@@H]2CCCN2CC(O)CO[C@H](C)c2ccc(Cl)cc2CCC(=O)O)=CC1(Cl)I. The van der Waals surface area contributed by atoms with Crippen molar-refractivity contribution in [2.45, 2.75) is 67.1 Å². The Hall–Kier alpha value is -0.640. The zero-order chi connectivity index (χ0) is 24.9. The summed E-state index contributed by atoms with van der Waals surface area (Å²) in [7, 11) is 0. The molecule has 188 valence electrons. The Morgan fingerprint density at radius 3 is 2.88 bits per heavy atom. The maximum absolute atomic E-state index is 11.0.